The number of halogens is 2. The predicted molar refractivity (Wildman–Crippen MR) is 115 cm³/mol. The lowest BCUT2D eigenvalue weighted by molar-refractivity contribution is 0.0227. The summed E-state index contributed by atoms with van der Waals surface area (Å²) in [5.41, 5.74) is 1.34. The minimum atomic E-state index is -0.525. The molecule has 3 heterocycles. The molecule has 4 rings (SSSR count). The molecule has 29 heavy (non-hydrogen) atoms. The first-order valence-corrected chi connectivity index (χ1v) is 10.8. The molecule has 1 amide bonds. The third-order valence-electron chi connectivity index (χ3n) is 4.47. The molecule has 152 valence electrons. The predicted octanol–water partition coefficient (Wildman–Crippen LogP) is 5.63. The van der Waals surface area contributed by atoms with Crippen LogP contribution in [0.25, 0.3) is 10.2 Å². The average Bonchev–Trinajstić information content (AvgIpc) is 3.01. The van der Waals surface area contributed by atoms with Crippen molar-refractivity contribution in [2.75, 3.05) is 11.9 Å². The highest BCUT2D eigenvalue weighted by Gasteiger charge is 2.29. The second kappa shape index (κ2) is 7.53. The van der Waals surface area contributed by atoms with Gasteiger partial charge in [0.05, 0.1) is 17.6 Å². The number of carbonyl (C=O) groups excluding carboxylic acids is 1. The Hall–Kier alpha value is -2.26. The molecular formula is C20H20BrFN4O2S. The van der Waals surface area contributed by atoms with Gasteiger partial charge in [-0.05, 0) is 66.9 Å². The number of hydrogen-bond donors (Lipinski definition) is 1. The summed E-state index contributed by atoms with van der Waals surface area (Å²) in [4.78, 5) is 24.9. The highest BCUT2D eigenvalue weighted by Crippen LogP contribution is 2.39. The van der Waals surface area contributed by atoms with Crippen molar-refractivity contribution >= 4 is 55.1 Å². The molecule has 0 saturated heterocycles. The van der Waals surface area contributed by atoms with Crippen molar-refractivity contribution in [3.63, 3.8) is 0 Å². The number of nitrogens with zero attached hydrogens (tertiary/aromatic N) is 3. The van der Waals surface area contributed by atoms with Crippen molar-refractivity contribution in [1.29, 1.82) is 0 Å². The quantitative estimate of drug-likeness (QED) is 0.516. The van der Waals surface area contributed by atoms with E-state index in [4.69, 9.17) is 4.74 Å². The minimum Gasteiger partial charge on any atom is -0.444 e. The van der Waals surface area contributed by atoms with E-state index in [0.29, 0.717) is 29.8 Å². The summed E-state index contributed by atoms with van der Waals surface area (Å²) in [7, 11) is 0. The Balaban J connectivity index is 1.65. The number of thiophene rings is 1. The molecule has 0 aliphatic carbocycles. The van der Waals surface area contributed by atoms with Crippen molar-refractivity contribution in [2.45, 2.75) is 39.3 Å². The number of amides is 1. The van der Waals surface area contributed by atoms with E-state index in [2.05, 4.69) is 31.2 Å². The number of anilines is 2. The number of fused-ring (bicyclic) bond motifs is 3. The maximum Gasteiger partial charge on any atom is 0.410 e. The van der Waals surface area contributed by atoms with Gasteiger partial charge in [0.1, 0.15) is 28.4 Å². The van der Waals surface area contributed by atoms with Crippen LogP contribution >= 0.6 is 27.3 Å². The molecule has 0 spiro atoms. The molecule has 1 N–H and O–H groups in total. The summed E-state index contributed by atoms with van der Waals surface area (Å²) in [6.07, 6.45) is 1.90. The molecule has 0 unspecified atom stereocenters. The smallest absolute Gasteiger partial charge is 0.410 e. The van der Waals surface area contributed by atoms with Gasteiger partial charge in [0, 0.05) is 15.9 Å². The van der Waals surface area contributed by atoms with Gasteiger partial charge in [0.25, 0.3) is 0 Å². The first-order chi connectivity index (χ1) is 13.7. The Morgan fingerprint density at radius 2 is 2.14 bits per heavy atom. The standard InChI is InChI=1S/C20H20BrFN4O2S/c1-20(2,3)28-19(27)26-7-6-12-15(9-26)29-18-16(12)17(23-10-24-18)25-14-5-4-11(22)8-13(14)21/h4-5,8,10H,6-7,9H2,1-3H3,(H,23,24,25). The molecule has 0 saturated carbocycles. The van der Waals surface area contributed by atoms with Gasteiger partial charge in [0.2, 0.25) is 0 Å². The topological polar surface area (TPSA) is 67.3 Å². The molecular weight excluding hydrogens is 459 g/mol. The molecule has 9 heteroatoms. The van der Waals surface area contributed by atoms with Crippen LogP contribution in [-0.4, -0.2) is 33.1 Å². The normalized spacial score (nSPS) is 14.0. The number of ether oxygens (including phenoxy) is 1. The molecule has 1 aliphatic heterocycles. The van der Waals surface area contributed by atoms with Crippen molar-refractivity contribution in [2.24, 2.45) is 0 Å². The number of hydrogen-bond acceptors (Lipinski definition) is 6. The van der Waals surface area contributed by atoms with Crippen LogP contribution in [0.15, 0.2) is 29.0 Å². The SMILES string of the molecule is CC(C)(C)OC(=O)N1CCc2c(sc3ncnc(Nc4ccc(F)cc4Br)c23)C1. The van der Waals surface area contributed by atoms with Crippen LogP contribution in [0.2, 0.25) is 0 Å². The summed E-state index contributed by atoms with van der Waals surface area (Å²) >= 11 is 4.94. The maximum absolute atomic E-state index is 13.4. The van der Waals surface area contributed by atoms with Crippen LogP contribution in [0.3, 0.4) is 0 Å². The third-order valence-corrected chi connectivity index (χ3v) is 6.25. The second-order valence-electron chi connectivity index (χ2n) is 7.81. The van der Waals surface area contributed by atoms with Crippen molar-refractivity contribution < 1.29 is 13.9 Å². The Morgan fingerprint density at radius 1 is 1.34 bits per heavy atom. The molecule has 0 bridgehead atoms. The lowest BCUT2D eigenvalue weighted by Crippen LogP contribution is -2.39. The van der Waals surface area contributed by atoms with Crippen molar-refractivity contribution in [1.82, 2.24) is 14.9 Å². The first-order valence-electron chi connectivity index (χ1n) is 9.16. The fourth-order valence-corrected chi connectivity index (χ4v) is 4.88. The lowest BCUT2D eigenvalue weighted by Gasteiger charge is -2.30. The fourth-order valence-electron chi connectivity index (χ4n) is 3.22. The Labute approximate surface area is 180 Å². The Kier molecular flexibility index (Phi) is 5.20. The van der Waals surface area contributed by atoms with E-state index in [9.17, 15) is 9.18 Å². The zero-order valence-corrected chi connectivity index (χ0v) is 18.7. The monoisotopic (exact) mass is 478 g/mol. The van der Waals surface area contributed by atoms with Gasteiger partial charge >= 0.3 is 6.09 Å². The van der Waals surface area contributed by atoms with Crippen LogP contribution in [-0.2, 0) is 17.7 Å². The number of aromatic nitrogens is 2. The molecule has 0 fully saturated rings. The fraction of sp³-hybridized carbons (Fsp3) is 0.350. The van der Waals surface area contributed by atoms with Crippen LogP contribution in [0, 0.1) is 5.82 Å². The second-order valence-corrected chi connectivity index (χ2v) is 9.75. The zero-order chi connectivity index (χ0) is 20.8. The lowest BCUT2D eigenvalue weighted by atomic mass is 10.1. The zero-order valence-electron chi connectivity index (χ0n) is 16.3. The van der Waals surface area contributed by atoms with E-state index >= 15 is 0 Å². The molecule has 0 radical (unpaired) electrons. The molecule has 3 aromatic rings. The minimum absolute atomic E-state index is 0.305. The summed E-state index contributed by atoms with van der Waals surface area (Å²) in [6, 6.07) is 4.46. The number of carbonyl (C=O) groups is 1. The van der Waals surface area contributed by atoms with Gasteiger partial charge in [-0.1, -0.05) is 0 Å². The van der Waals surface area contributed by atoms with E-state index in [-0.39, 0.29) is 11.9 Å². The largest absolute Gasteiger partial charge is 0.444 e. The van der Waals surface area contributed by atoms with Crippen molar-refractivity contribution in [3.8, 4) is 0 Å². The van der Waals surface area contributed by atoms with Crippen molar-refractivity contribution in [3.05, 3.63) is 45.3 Å². The van der Waals surface area contributed by atoms with Gasteiger partial charge in [-0.25, -0.2) is 19.2 Å². The highest BCUT2D eigenvalue weighted by atomic mass is 79.9. The van der Waals surface area contributed by atoms with Gasteiger partial charge in [-0.3, -0.25) is 0 Å². The number of rotatable bonds is 2. The summed E-state index contributed by atoms with van der Waals surface area (Å²) < 4.78 is 19.5. The summed E-state index contributed by atoms with van der Waals surface area (Å²) in [5, 5.41) is 4.23. The first kappa shape index (κ1) is 20.0. The van der Waals surface area contributed by atoms with E-state index in [1.165, 1.54) is 18.5 Å². The van der Waals surface area contributed by atoms with E-state index < -0.39 is 5.60 Å². The Bertz CT molecular complexity index is 1100. The van der Waals surface area contributed by atoms with Gasteiger partial charge in [-0.15, -0.1) is 11.3 Å². The van der Waals surface area contributed by atoms with Crippen LogP contribution < -0.4 is 5.32 Å². The van der Waals surface area contributed by atoms with E-state index in [1.54, 1.807) is 22.3 Å². The molecule has 6 nitrogen and oxygen atoms in total. The molecule has 1 aromatic carbocycles. The number of nitrogens with one attached hydrogen (secondary N) is 1. The van der Waals surface area contributed by atoms with Gasteiger partial charge in [-0.2, -0.15) is 0 Å². The van der Waals surface area contributed by atoms with Crippen LogP contribution in [0.4, 0.5) is 20.7 Å². The maximum atomic E-state index is 13.4. The summed E-state index contributed by atoms with van der Waals surface area (Å²) in [6.45, 7) is 6.65. The molecule has 0 atom stereocenters. The van der Waals surface area contributed by atoms with E-state index in [1.807, 2.05) is 20.8 Å². The molecule has 2 aromatic heterocycles. The molecule has 1 aliphatic rings. The number of benzene rings is 1. The third kappa shape index (κ3) is 4.20. The van der Waals surface area contributed by atoms with Crippen LogP contribution in [0.5, 0.6) is 0 Å². The Morgan fingerprint density at radius 3 is 2.86 bits per heavy atom. The average molecular weight is 479 g/mol. The highest BCUT2D eigenvalue weighted by molar-refractivity contribution is 9.10. The summed E-state index contributed by atoms with van der Waals surface area (Å²) in [5.74, 6) is 0.357. The van der Waals surface area contributed by atoms with Gasteiger partial charge < -0.3 is 15.0 Å². The van der Waals surface area contributed by atoms with E-state index in [0.717, 1.165) is 26.3 Å². The van der Waals surface area contributed by atoms with Crippen LogP contribution in [0.1, 0.15) is 31.2 Å². The van der Waals surface area contributed by atoms with Gasteiger partial charge in [0.15, 0.2) is 0 Å².